The van der Waals surface area contributed by atoms with E-state index < -0.39 is 0 Å². The second-order valence-corrected chi connectivity index (χ2v) is 5.67. The third kappa shape index (κ3) is 1.99. The van der Waals surface area contributed by atoms with E-state index in [4.69, 9.17) is 23.2 Å². The maximum absolute atomic E-state index is 6.20. The van der Waals surface area contributed by atoms with Crippen molar-refractivity contribution >= 4 is 44.8 Å². The third-order valence-electron chi connectivity index (χ3n) is 2.60. The SMILES string of the molecule is Cc1nc(Cl)c2cc(-c3ccccc3Cl)sc2n1. The summed E-state index contributed by atoms with van der Waals surface area (Å²) in [4.78, 5) is 10.5. The van der Waals surface area contributed by atoms with Crippen molar-refractivity contribution in [1.29, 1.82) is 0 Å². The number of rotatable bonds is 1. The zero-order valence-electron chi connectivity index (χ0n) is 9.45. The zero-order valence-corrected chi connectivity index (χ0v) is 11.8. The summed E-state index contributed by atoms with van der Waals surface area (Å²) in [6.07, 6.45) is 0. The molecule has 0 saturated carbocycles. The number of hydrogen-bond donors (Lipinski definition) is 0. The van der Waals surface area contributed by atoms with Crippen molar-refractivity contribution in [2.45, 2.75) is 6.92 Å². The largest absolute Gasteiger partial charge is 0.222 e. The second kappa shape index (κ2) is 4.50. The minimum Gasteiger partial charge on any atom is -0.222 e. The fourth-order valence-corrected chi connectivity index (χ4v) is 3.51. The Morgan fingerprint density at radius 3 is 2.67 bits per heavy atom. The van der Waals surface area contributed by atoms with Gasteiger partial charge in [-0.05, 0) is 19.1 Å². The lowest BCUT2D eigenvalue weighted by atomic mass is 10.2. The monoisotopic (exact) mass is 294 g/mol. The molecule has 0 aliphatic carbocycles. The van der Waals surface area contributed by atoms with Crippen LogP contribution in [0.4, 0.5) is 0 Å². The molecule has 0 amide bonds. The molecule has 2 aromatic heterocycles. The summed E-state index contributed by atoms with van der Waals surface area (Å²) in [7, 11) is 0. The Kier molecular flexibility index (Phi) is 2.98. The van der Waals surface area contributed by atoms with Crippen molar-refractivity contribution in [3.8, 4) is 10.4 Å². The minimum absolute atomic E-state index is 0.493. The predicted molar refractivity (Wildman–Crippen MR) is 77.6 cm³/mol. The van der Waals surface area contributed by atoms with Crippen LogP contribution in [0.15, 0.2) is 30.3 Å². The van der Waals surface area contributed by atoms with Gasteiger partial charge >= 0.3 is 0 Å². The van der Waals surface area contributed by atoms with Crippen LogP contribution in [0.1, 0.15) is 5.82 Å². The zero-order chi connectivity index (χ0) is 12.7. The Labute approximate surface area is 118 Å². The van der Waals surface area contributed by atoms with Crippen LogP contribution in [-0.2, 0) is 0 Å². The Bertz CT molecular complexity index is 737. The highest BCUT2D eigenvalue weighted by molar-refractivity contribution is 7.22. The minimum atomic E-state index is 0.493. The van der Waals surface area contributed by atoms with E-state index in [1.165, 1.54) is 0 Å². The Morgan fingerprint density at radius 2 is 1.89 bits per heavy atom. The first-order valence-corrected chi connectivity index (χ1v) is 6.91. The Hall–Kier alpha value is -1.16. The average molecular weight is 295 g/mol. The molecular formula is C13H8Cl2N2S. The van der Waals surface area contributed by atoms with E-state index in [9.17, 15) is 0 Å². The van der Waals surface area contributed by atoms with Gasteiger partial charge < -0.3 is 0 Å². The van der Waals surface area contributed by atoms with Gasteiger partial charge in [-0.25, -0.2) is 9.97 Å². The number of aryl methyl sites for hydroxylation is 1. The lowest BCUT2D eigenvalue weighted by Gasteiger charge is -1.98. The summed E-state index contributed by atoms with van der Waals surface area (Å²) in [5.74, 6) is 0.681. The van der Waals surface area contributed by atoms with Gasteiger partial charge in [0, 0.05) is 20.8 Å². The molecule has 0 N–H and O–H groups in total. The van der Waals surface area contributed by atoms with Crippen molar-refractivity contribution in [1.82, 2.24) is 9.97 Å². The molecule has 5 heteroatoms. The highest BCUT2D eigenvalue weighted by Crippen LogP contribution is 2.37. The summed E-state index contributed by atoms with van der Waals surface area (Å²) in [5, 5.41) is 2.10. The van der Waals surface area contributed by atoms with E-state index in [1.807, 2.05) is 37.3 Å². The number of benzene rings is 1. The quantitative estimate of drug-likeness (QED) is 0.592. The number of halogens is 2. The molecule has 0 unspecified atom stereocenters. The molecule has 1 aromatic carbocycles. The molecule has 3 rings (SSSR count). The molecule has 0 fully saturated rings. The fraction of sp³-hybridized carbons (Fsp3) is 0.0769. The molecule has 0 aliphatic rings. The number of nitrogens with zero attached hydrogens (tertiary/aromatic N) is 2. The number of aromatic nitrogens is 2. The third-order valence-corrected chi connectivity index (χ3v) is 4.28. The van der Waals surface area contributed by atoms with Gasteiger partial charge in [-0.15, -0.1) is 11.3 Å². The fourth-order valence-electron chi connectivity index (χ4n) is 1.78. The molecule has 0 aliphatic heterocycles. The van der Waals surface area contributed by atoms with Crippen LogP contribution in [-0.4, -0.2) is 9.97 Å². The van der Waals surface area contributed by atoms with Gasteiger partial charge in [0.1, 0.15) is 15.8 Å². The Morgan fingerprint density at radius 1 is 1.11 bits per heavy atom. The lowest BCUT2D eigenvalue weighted by molar-refractivity contribution is 1.10. The first-order valence-electron chi connectivity index (χ1n) is 5.34. The van der Waals surface area contributed by atoms with E-state index >= 15 is 0 Å². The molecule has 18 heavy (non-hydrogen) atoms. The van der Waals surface area contributed by atoms with Crippen LogP contribution in [0.5, 0.6) is 0 Å². The molecule has 90 valence electrons. The maximum atomic E-state index is 6.20. The normalized spacial score (nSPS) is 11.1. The number of thiophene rings is 1. The van der Waals surface area contributed by atoms with E-state index in [0.717, 1.165) is 25.7 Å². The van der Waals surface area contributed by atoms with Crippen LogP contribution in [0, 0.1) is 6.92 Å². The van der Waals surface area contributed by atoms with Crippen molar-refractivity contribution in [2.24, 2.45) is 0 Å². The maximum Gasteiger partial charge on any atom is 0.141 e. The van der Waals surface area contributed by atoms with Crippen LogP contribution in [0.25, 0.3) is 20.7 Å². The smallest absolute Gasteiger partial charge is 0.141 e. The Balaban J connectivity index is 2.26. The number of fused-ring (bicyclic) bond motifs is 1. The van der Waals surface area contributed by atoms with Gasteiger partial charge in [0.2, 0.25) is 0 Å². The first-order chi connectivity index (χ1) is 8.65. The average Bonchev–Trinajstić information content (AvgIpc) is 2.73. The first kappa shape index (κ1) is 11.9. The van der Waals surface area contributed by atoms with Crippen molar-refractivity contribution in [2.75, 3.05) is 0 Å². The lowest BCUT2D eigenvalue weighted by Crippen LogP contribution is -1.86. The van der Waals surface area contributed by atoms with Gasteiger partial charge in [0.25, 0.3) is 0 Å². The van der Waals surface area contributed by atoms with Crippen molar-refractivity contribution < 1.29 is 0 Å². The highest BCUT2D eigenvalue weighted by Gasteiger charge is 2.11. The van der Waals surface area contributed by atoms with Crippen LogP contribution < -0.4 is 0 Å². The molecule has 3 aromatic rings. The van der Waals surface area contributed by atoms with Crippen LogP contribution in [0.2, 0.25) is 10.2 Å². The van der Waals surface area contributed by atoms with Gasteiger partial charge in [-0.2, -0.15) is 0 Å². The molecule has 0 saturated heterocycles. The molecule has 2 nitrogen and oxygen atoms in total. The summed E-state index contributed by atoms with van der Waals surface area (Å²) in [5.41, 5.74) is 0.996. The van der Waals surface area contributed by atoms with E-state index in [-0.39, 0.29) is 0 Å². The van der Waals surface area contributed by atoms with E-state index in [1.54, 1.807) is 11.3 Å². The summed E-state index contributed by atoms with van der Waals surface area (Å²) >= 11 is 13.9. The van der Waals surface area contributed by atoms with Crippen molar-refractivity contribution in [3.63, 3.8) is 0 Å². The molecule has 2 heterocycles. The standard InChI is InChI=1S/C13H8Cl2N2S/c1-7-16-12(15)9-6-11(18-13(9)17-7)8-4-2-3-5-10(8)14/h2-6H,1H3. The van der Waals surface area contributed by atoms with E-state index in [0.29, 0.717) is 11.0 Å². The number of hydrogen-bond acceptors (Lipinski definition) is 3. The van der Waals surface area contributed by atoms with Gasteiger partial charge in [0.05, 0.1) is 0 Å². The van der Waals surface area contributed by atoms with Crippen LogP contribution in [0.3, 0.4) is 0 Å². The van der Waals surface area contributed by atoms with Crippen LogP contribution >= 0.6 is 34.5 Å². The second-order valence-electron chi connectivity index (χ2n) is 3.87. The molecular weight excluding hydrogens is 287 g/mol. The molecule has 0 atom stereocenters. The van der Waals surface area contributed by atoms with Crippen molar-refractivity contribution in [3.05, 3.63) is 46.3 Å². The van der Waals surface area contributed by atoms with Gasteiger partial charge in [-0.1, -0.05) is 41.4 Å². The van der Waals surface area contributed by atoms with E-state index in [2.05, 4.69) is 9.97 Å². The predicted octanol–water partition coefficient (Wildman–Crippen LogP) is 4.97. The van der Waals surface area contributed by atoms with Gasteiger partial charge in [0.15, 0.2) is 0 Å². The molecule has 0 radical (unpaired) electrons. The summed E-state index contributed by atoms with van der Waals surface area (Å²) in [6, 6.07) is 9.73. The van der Waals surface area contributed by atoms with Gasteiger partial charge in [-0.3, -0.25) is 0 Å². The topological polar surface area (TPSA) is 25.8 Å². The molecule has 0 bridgehead atoms. The molecule has 0 spiro atoms. The summed E-state index contributed by atoms with van der Waals surface area (Å²) < 4.78 is 0. The summed E-state index contributed by atoms with van der Waals surface area (Å²) in [6.45, 7) is 1.83. The highest BCUT2D eigenvalue weighted by atomic mass is 35.5.